The average Bonchev–Trinajstić information content (AvgIpc) is 2.79. The molecule has 0 fully saturated rings. The summed E-state index contributed by atoms with van der Waals surface area (Å²) in [6, 6.07) is 21.2. The molecule has 6 nitrogen and oxygen atoms in total. The van der Waals surface area contributed by atoms with Crippen LogP contribution in [-0.4, -0.2) is 20.8 Å². The van der Waals surface area contributed by atoms with Gasteiger partial charge >= 0.3 is 5.69 Å². The van der Waals surface area contributed by atoms with Gasteiger partial charge in [-0.25, -0.2) is 4.79 Å². The molecular weight excluding hydrogens is 404 g/mol. The van der Waals surface area contributed by atoms with E-state index < -0.39 is 5.69 Å². The number of aromatic nitrogens is 2. The Balaban J connectivity index is 1.97. The van der Waals surface area contributed by atoms with Gasteiger partial charge in [0.05, 0.1) is 10.9 Å². The minimum absolute atomic E-state index is 0.0962. The molecule has 0 amide bonds. The number of aliphatic hydroxyl groups excluding tert-OH is 1. The van der Waals surface area contributed by atoms with Crippen LogP contribution in [0.2, 0.25) is 0 Å². The molecule has 1 aromatic heterocycles. The zero-order valence-corrected chi connectivity index (χ0v) is 18.2. The van der Waals surface area contributed by atoms with Gasteiger partial charge in [-0.2, -0.15) is 0 Å². The van der Waals surface area contributed by atoms with Crippen molar-refractivity contribution in [2.24, 2.45) is 7.05 Å². The zero-order valence-electron chi connectivity index (χ0n) is 18.2. The maximum Gasteiger partial charge on any atom is 0.331 e. The molecule has 0 unspecified atom stereocenters. The van der Waals surface area contributed by atoms with Crippen LogP contribution >= 0.6 is 0 Å². The van der Waals surface area contributed by atoms with Gasteiger partial charge in [-0.15, -0.1) is 0 Å². The van der Waals surface area contributed by atoms with E-state index in [0.717, 1.165) is 16.7 Å². The summed E-state index contributed by atoms with van der Waals surface area (Å²) >= 11 is 0. The lowest BCUT2D eigenvalue weighted by Crippen LogP contribution is -2.39. The van der Waals surface area contributed by atoms with Crippen LogP contribution in [0.15, 0.2) is 76.3 Å². The molecule has 3 aromatic carbocycles. The van der Waals surface area contributed by atoms with Crippen molar-refractivity contribution in [3.05, 3.63) is 104 Å². The van der Waals surface area contributed by atoms with Crippen molar-refractivity contribution in [2.45, 2.75) is 26.3 Å². The van der Waals surface area contributed by atoms with Crippen LogP contribution in [0.4, 0.5) is 0 Å². The number of benzene rings is 3. The van der Waals surface area contributed by atoms with E-state index in [9.17, 15) is 14.7 Å². The SMILES string of the molecule is Cc1cccc(Oc2ccc3c(c2Cc2ccccc2)c(=O)n(CCCO)c(=O)n3C)c1. The van der Waals surface area contributed by atoms with E-state index in [1.165, 1.54) is 9.13 Å². The zero-order chi connectivity index (χ0) is 22.7. The summed E-state index contributed by atoms with van der Waals surface area (Å²) in [6.45, 7) is 2.06. The molecule has 0 saturated carbocycles. The highest BCUT2D eigenvalue weighted by molar-refractivity contribution is 5.84. The minimum Gasteiger partial charge on any atom is -0.457 e. The van der Waals surface area contributed by atoms with Gasteiger partial charge in [0.2, 0.25) is 0 Å². The Kier molecular flexibility index (Phi) is 6.23. The number of hydrogen-bond donors (Lipinski definition) is 1. The number of nitrogens with zero attached hydrogens (tertiary/aromatic N) is 2. The molecule has 0 spiro atoms. The smallest absolute Gasteiger partial charge is 0.331 e. The van der Waals surface area contributed by atoms with Gasteiger partial charge in [-0.05, 0) is 48.7 Å². The summed E-state index contributed by atoms with van der Waals surface area (Å²) in [4.78, 5) is 26.3. The van der Waals surface area contributed by atoms with Crippen LogP contribution in [0, 0.1) is 6.92 Å². The lowest BCUT2D eigenvalue weighted by molar-refractivity contribution is 0.277. The van der Waals surface area contributed by atoms with Crippen LogP contribution in [0.25, 0.3) is 10.9 Å². The van der Waals surface area contributed by atoms with Crippen LogP contribution in [0.3, 0.4) is 0 Å². The highest BCUT2D eigenvalue weighted by Gasteiger charge is 2.19. The van der Waals surface area contributed by atoms with Crippen molar-refractivity contribution in [3.63, 3.8) is 0 Å². The van der Waals surface area contributed by atoms with Crippen molar-refractivity contribution in [2.75, 3.05) is 6.61 Å². The van der Waals surface area contributed by atoms with Crippen molar-refractivity contribution in [3.8, 4) is 11.5 Å². The lowest BCUT2D eigenvalue weighted by Gasteiger charge is -2.17. The summed E-state index contributed by atoms with van der Waals surface area (Å²) in [7, 11) is 1.66. The Morgan fingerprint density at radius 1 is 0.969 bits per heavy atom. The molecule has 0 aliphatic rings. The van der Waals surface area contributed by atoms with Crippen molar-refractivity contribution >= 4 is 10.9 Å². The van der Waals surface area contributed by atoms with Crippen LogP contribution in [0.5, 0.6) is 11.5 Å². The number of ether oxygens (including phenoxy) is 1. The number of aliphatic hydroxyl groups is 1. The van der Waals surface area contributed by atoms with E-state index in [4.69, 9.17) is 4.74 Å². The summed E-state index contributed by atoms with van der Waals surface area (Å²) in [5.74, 6) is 1.26. The summed E-state index contributed by atoms with van der Waals surface area (Å²) in [5.41, 5.74) is 2.63. The molecule has 4 aromatic rings. The molecule has 6 heteroatoms. The molecule has 0 aliphatic carbocycles. The van der Waals surface area contributed by atoms with Gasteiger partial charge < -0.3 is 9.84 Å². The second kappa shape index (κ2) is 9.24. The minimum atomic E-state index is -0.394. The quantitative estimate of drug-likeness (QED) is 0.484. The molecule has 0 aliphatic heterocycles. The number of aryl methyl sites for hydroxylation is 2. The lowest BCUT2D eigenvalue weighted by atomic mass is 9.99. The van der Waals surface area contributed by atoms with Gasteiger partial charge in [0.25, 0.3) is 5.56 Å². The molecule has 0 saturated heterocycles. The van der Waals surface area contributed by atoms with E-state index in [1.54, 1.807) is 13.1 Å². The molecule has 164 valence electrons. The van der Waals surface area contributed by atoms with Gasteiger partial charge in [0, 0.05) is 32.2 Å². The second-order valence-corrected chi connectivity index (χ2v) is 7.89. The van der Waals surface area contributed by atoms with E-state index in [0.29, 0.717) is 35.2 Å². The fraction of sp³-hybridized carbons (Fsp3) is 0.231. The first kappa shape index (κ1) is 21.6. The number of hydrogen-bond acceptors (Lipinski definition) is 4. The van der Waals surface area contributed by atoms with E-state index >= 15 is 0 Å². The third kappa shape index (κ3) is 4.22. The molecule has 1 N–H and O–H groups in total. The third-order valence-corrected chi connectivity index (χ3v) is 5.57. The van der Waals surface area contributed by atoms with Crippen molar-refractivity contribution in [1.29, 1.82) is 0 Å². The number of fused-ring (bicyclic) bond motifs is 1. The fourth-order valence-electron chi connectivity index (χ4n) is 3.94. The standard InChI is InChI=1S/C26H26N2O4/c1-18-8-6-11-20(16-18)32-23-13-12-22-24(21(23)17-19-9-4-3-5-10-19)25(30)28(14-7-15-29)26(31)27(22)2/h3-6,8-13,16,29H,7,14-15,17H2,1-2H3. The highest BCUT2D eigenvalue weighted by Crippen LogP contribution is 2.32. The Morgan fingerprint density at radius 3 is 2.47 bits per heavy atom. The van der Waals surface area contributed by atoms with Crippen LogP contribution in [-0.2, 0) is 20.0 Å². The monoisotopic (exact) mass is 430 g/mol. The van der Waals surface area contributed by atoms with Crippen LogP contribution < -0.4 is 16.0 Å². The van der Waals surface area contributed by atoms with Gasteiger partial charge in [-0.3, -0.25) is 13.9 Å². The second-order valence-electron chi connectivity index (χ2n) is 7.89. The average molecular weight is 431 g/mol. The summed E-state index contributed by atoms with van der Waals surface area (Å²) in [6.07, 6.45) is 0.806. The maximum absolute atomic E-state index is 13.5. The van der Waals surface area contributed by atoms with Gasteiger partial charge in [-0.1, -0.05) is 42.5 Å². The highest BCUT2D eigenvalue weighted by atomic mass is 16.5. The molecule has 32 heavy (non-hydrogen) atoms. The first-order valence-corrected chi connectivity index (χ1v) is 10.6. The molecular formula is C26H26N2O4. The molecule has 0 bridgehead atoms. The molecule has 0 radical (unpaired) electrons. The Labute approximate surface area is 186 Å². The number of rotatable bonds is 7. The summed E-state index contributed by atoms with van der Waals surface area (Å²) in [5, 5.41) is 9.69. The third-order valence-electron chi connectivity index (χ3n) is 5.57. The normalized spacial score (nSPS) is 11.1. The summed E-state index contributed by atoms with van der Waals surface area (Å²) < 4.78 is 8.92. The van der Waals surface area contributed by atoms with Crippen LogP contribution in [0.1, 0.15) is 23.1 Å². The van der Waals surface area contributed by atoms with E-state index in [2.05, 4.69) is 0 Å². The van der Waals surface area contributed by atoms with Crippen molar-refractivity contribution in [1.82, 2.24) is 9.13 Å². The predicted molar refractivity (Wildman–Crippen MR) is 126 cm³/mol. The largest absolute Gasteiger partial charge is 0.457 e. The Bertz CT molecular complexity index is 1370. The molecule has 0 atom stereocenters. The first-order chi connectivity index (χ1) is 15.5. The molecule has 4 rings (SSSR count). The predicted octanol–water partition coefficient (Wildman–Crippen LogP) is 3.77. The Hall–Kier alpha value is -3.64. The first-order valence-electron chi connectivity index (χ1n) is 10.6. The Morgan fingerprint density at radius 2 is 1.75 bits per heavy atom. The van der Waals surface area contributed by atoms with Gasteiger partial charge in [0.15, 0.2) is 0 Å². The topological polar surface area (TPSA) is 73.5 Å². The van der Waals surface area contributed by atoms with E-state index in [-0.39, 0.29) is 18.7 Å². The van der Waals surface area contributed by atoms with Gasteiger partial charge in [0.1, 0.15) is 11.5 Å². The fourth-order valence-corrected chi connectivity index (χ4v) is 3.94. The van der Waals surface area contributed by atoms with E-state index in [1.807, 2.05) is 67.6 Å². The molecule has 1 heterocycles. The van der Waals surface area contributed by atoms with Crippen molar-refractivity contribution < 1.29 is 9.84 Å². The maximum atomic E-state index is 13.5.